The molecule has 0 bridgehead atoms. The normalized spacial score (nSPS) is 30.6. The molecule has 0 aromatic rings. The second-order valence-corrected chi connectivity index (χ2v) is 4.99. The van der Waals surface area contributed by atoms with Crippen molar-refractivity contribution < 1.29 is 9.53 Å². The highest BCUT2D eigenvalue weighted by molar-refractivity contribution is 5.69. The lowest BCUT2D eigenvalue weighted by Crippen LogP contribution is -2.35. The molecule has 92 valence electrons. The molecule has 1 saturated carbocycles. The number of rotatable bonds is 5. The minimum atomic E-state index is -0.127. The molecule has 2 atom stereocenters. The Balaban J connectivity index is 1.65. The van der Waals surface area contributed by atoms with E-state index in [0.717, 1.165) is 19.1 Å². The van der Waals surface area contributed by atoms with Crippen molar-refractivity contribution in [2.24, 2.45) is 0 Å². The van der Waals surface area contributed by atoms with Crippen LogP contribution in [0, 0.1) is 0 Å². The molecule has 0 spiro atoms. The van der Waals surface area contributed by atoms with Crippen LogP contribution >= 0.6 is 0 Å². The van der Waals surface area contributed by atoms with Crippen molar-refractivity contribution in [2.45, 2.75) is 50.7 Å². The topological polar surface area (TPSA) is 41.6 Å². The van der Waals surface area contributed by atoms with E-state index >= 15 is 0 Å². The number of ether oxygens (including phenoxy) is 1. The summed E-state index contributed by atoms with van der Waals surface area (Å²) in [6.45, 7) is 4.19. The maximum absolute atomic E-state index is 11.0. The molecular formula is C12H22N2O2. The highest BCUT2D eigenvalue weighted by Gasteiger charge is 2.38. The predicted octanol–water partition coefficient (Wildman–Crippen LogP) is 0.764. The number of esters is 1. The van der Waals surface area contributed by atoms with Crippen molar-refractivity contribution >= 4 is 5.97 Å². The van der Waals surface area contributed by atoms with Crippen LogP contribution < -0.4 is 5.32 Å². The minimum absolute atomic E-state index is 0.127. The van der Waals surface area contributed by atoms with Crippen molar-refractivity contribution in [1.82, 2.24) is 10.2 Å². The molecule has 2 rings (SSSR count). The van der Waals surface area contributed by atoms with Crippen LogP contribution in [0.2, 0.25) is 0 Å². The van der Waals surface area contributed by atoms with Crippen LogP contribution in [0.1, 0.15) is 32.6 Å². The first-order valence-corrected chi connectivity index (χ1v) is 6.26. The molecule has 0 radical (unpaired) electrons. The van der Waals surface area contributed by atoms with Gasteiger partial charge in [0, 0.05) is 31.2 Å². The maximum Gasteiger partial charge on any atom is 0.306 e. The van der Waals surface area contributed by atoms with Crippen molar-refractivity contribution in [2.75, 3.05) is 20.2 Å². The number of nitrogens with one attached hydrogen (secondary N) is 1. The molecule has 0 aromatic carbocycles. The van der Waals surface area contributed by atoms with E-state index in [4.69, 9.17) is 0 Å². The monoisotopic (exact) mass is 226 g/mol. The summed E-state index contributed by atoms with van der Waals surface area (Å²) < 4.78 is 4.62. The summed E-state index contributed by atoms with van der Waals surface area (Å²) in [5.41, 5.74) is 0. The molecule has 1 N–H and O–H groups in total. The zero-order chi connectivity index (χ0) is 11.5. The third-order valence-corrected chi connectivity index (χ3v) is 3.63. The van der Waals surface area contributed by atoms with Gasteiger partial charge in [-0.05, 0) is 26.2 Å². The zero-order valence-corrected chi connectivity index (χ0v) is 10.2. The quantitative estimate of drug-likeness (QED) is 0.703. The highest BCUT2D eigenvalue weighted by atomic mass is 16.5. The Kier molecular flexibility index (Phi) is 3.82. The lowest BCUT2D eigenvalue weighted by atomic mass is 10.2. The van der Waals surface area contributed by atoms with Gasteiger partial charge in [-0.3, -0.25) is 9.69 Å². The molecular weight excluding hydrogens is 204 g/mol. The number of likely N-dealkylation sites (tertiary alicyclic amines) is 1. The van der Waals surface area contributed by atoms with Crippen LogP contribution in [0.4, 0.5) is 0 Å². The molecule has 1 heterocycles. The average Bonchev–Trinajstić information content (AvgIpc) is 3.03. The zero-order valence-electron chi connectivity index (χ0n) is 10.2. The summed E-state index contributed by atoms with van der Waals surface area (Å²) in [5.74, 6) is -0.127. The van der Waals surface area contributed by atoms with Crippen LogP contribution in [0.5, 0.6) is 0 Å². The van der Waals surface area contributed by atoms with Crippen LogP contribution in [0.15, 0.2) is 0 Å². The van der Waals surface area contributed by atoms with Gasteiger partial charge < -0.3 is 10.1 Å². The second-order valence-electron chi connectivity index (χ2n) is 4.99. The number of hydrogen-bond acceptors (Lipinski definition) is 4. The van der Waals surface area contributed by atoms with Gasteiger partial charge in [-0.15, -0.1) is 0 Å². The first kappa shape index (κ1) is 11.9. The summed E-state index contributed by atoms with van der Waals surface area (Å²) in [6, 6.07) is 2.10. The molecule has 0 aromatic heterocycles. The number of nitrogens with zero attached hydrogens (tertiary/aromatic N) is 1. The Morgan fingerprint density at radius 2 is 2.25 bits per heavy atom. The fourth-order valence-corrected chi connectivity index (χ4v) is 2.60. The predicted molar refractivity (Wildman–Crippen MR) is 62.2 cm³/mol. The van der Waals surface area contributed by atoms with Crippen LogP contribution in [0.3, 0.4) is 0 Å². The molecule has 4 nitrogen and oxygen atoms in total. The first-order chi connectivity index (χ1) is 7.70. The summed E-state index contributed by atoms with van der Waals surface area (Å²) in [6.07, 6.45) is 4.43. The standard InChI is InChI=1S/C12H22N2O2/c1-9-7-10(8-14(9)11-3-4-11)13-6-5-12(15)16-2/h9-11,13H,3-8H2,1-2H3. The lowest BCUT2D eigenvalue weighted by molar-refractivity contribution is -0.140. The second kappa shape index (κ2) is 5.15. The van der Waals surface area contributed by atoms with E-state index < -0.39 is 0 Å². The van der Waals surface area contributed by atoms with Crippen molar-refractivity contribution in [1.29, 1.82) is 0 Å². The first-order valence-electron chi connectivity index (χ1n) is 6.26. The van der Waals surface area contributed by atoms with Gasteiger partial charge in [-0.25, -0.2) is 0 Å². The number of carbonyl (C=O) groups excluding carboxylic acids is 1. The number of carbonyl (C=O) groups is 1. The maximum atomic E-state index is 11.0. The average molecular weight is 226 g/mol. The summed E-state index contributed by atoms with van der Waals surface area (Å²) >= 11 is 0. The fraction of sp³-hybridized carbons (Fsp3) is 0.917. The van der Waals surface area contributed by atoms with Crippen LogP contribution in [-0.2, 0) is 9.53 Å². The van der Waals surface area contributed by atoms with E-state index in [-0.39, 0.29) is 5.97 Å². The Bertz CT molecular complexity index is 253. The highest BCUT2D eigenvalue weighted by Crippen LogP contribution is 2.33. The van der Waals surface area contributed by atoms with Gasteiger partial charge in [0.2, 0.25) is 0 Å². The van der Waals surface area contributed by atoms with E-state index in [0.29, 0.717) is 18.5 Å². The molecule has 1 aliphatic heterocycles. The van der Waals surface area contributed by atoms with E-state index in [1.54, 1.807) is 0 Å². The van der Waals surface area contributed by atoms with E-state index in [1.807, 2.05) is 0 Å². The van der Waals surface area contributed by atoms with E-state index in [9.17, 15) is 4.79 Å². The van der Waals surface area contributed by atoms with Crippen molar-refractivity contribution in [3.8, 4) is 0 Å². The fourth-order valence-electron chi connectivity index (χ4n) is 2.60. The largest absolute Gasteiger partial charge is 0.469 e. The van der Waals surface area contributed by atoms with Gasteiger partial charge in [0.15, 0.2) is 0 Å². The van der Waals surface area contributed by atoms with Gasteiger partial charge in [0.1, 0.15) is 0 Å². The molecule has 1 saturated heterocycles. The smallest absolute Gasteiger partial charge is 0.306 e. The Hall–Kier alpha value is -0.610. The third kappa shape index (κ3) is 2.95. The summed E-state index contributed by atoms with van der Waals surface area (Å²) in [4.78, 5) is 13.6. The van der Waals surface area contributed by atoms with Crippen LogP contribution in [0.25, 0.3) is 0 Å². The van der Waals surface area contributed by atoms with Gasteiger partial charge in [-0.1, -0.05) is 0 Å². The molecule has 2 fully saturated rings. The van der Waals surface area contributed by atoms with Crippen molar-refractivity contribution in [3.05, 3.63) is 0 Å². The Morgan fingerprint density at radius 1 is 1.50 bits per heavy atom. The van der Waals surface area contributed by atoms with E-state index in [1.165, 1.54) is 26.4 Å². The van der Waals surface area contributed by atoms with Crippen LogP contribution in [-0.4, -0.2) is 49.2 Å². The Morgan fingerprint density at radius 3 is 2.88 bits per heavy atom. The van der Waals surface area contributed by atoms with Gasteiger partial charge in [0.25, 0.3) is 0 Å². The summed E-state index contributed by atoms with van der Waals surface area (Å²) in [7, 11) is 1.44. The molecule has 1 aliphatic carbocycles. The molecule has 16 heavy (non-hydrogen) atoms. The minimum Gasteiger partial charge on any atom is -0.469 e. The molecule has 2 unspecified atom stereocenters. The SMILES string of the molecule is COC(=O)CCNC1CC(C)N(C2CC2)C1. The lowest BCUT2D eigenvalue weighted by Gasteiger charge is -2.19. The summed E-state index contributed by atoms with van der Waals surface area (Å²) in [5, 5.41) is 3.45. The van der Waals surface area contributed by atoms with Gasteiger partial charge in [0.05, 0.1) is 13.5 Å². The van der Waals surface area contributed by atoms with Gasteiger partial charge >= 0.3 is 5.97 Å². The molecule has 0 amide bonds. The van der Waals surface area contributed by atoms with E-state index in [2.05, 4.69) is 21.9 Å². The number of hydrogen-bond donors (Lipinski definition) is 1. The van der Waals surface area contributed by atoms with Crippen molar-refractivity contribution in [3.63, 3.8) is 0 Å². The Labute approximate surface area is 97.3 Å². The number of methoxy groups -OCH3 is 1. The molecule has 4 heteroatoms. The van der Waals surface area contributed by atoms with Gasteiger partial charge in [-0.2, -0.15) is 0 Å². The molecule has 2 aliphatic rings. The third-order valence-electron chi connectivity index (χ3n) is 3.63.